The first kappa shape index (κ1) is 26.6. The van der Waals surface area contributed by atoms with E-state index in [0.29, 0.717) is 16.8 Å². The number of hydrogen-bond acceptors (Lipinski definition) is 5. The third-order valence-electron chi connectivity index (χ3n) is 5.42. The van der Waals surface area contributed by atoms with Crippen LogP contribution in [0.1, 0.15) is 42.3 Å². The smallest absolute Gasteiger partial charge is 0.312 e. The van der Waals surface area contributed by atoms with Crippen molar-refractivity contribution in [3.63, 3.8) is 0 Å². The number of hydrogen-bond donors (Lipinski definition) is 0. The Balaban J connectivity index is 2.08. The summed E-state index contributed by atoms with van der Waals surface area (Å²) in [5.41, 5.74) is 1.57. The van der Waals surface area contributed by atoms with Crippen LogP contribution in [-0.2, 0) is 14.7 Å². The summed E-state index contributed by atoms with van der Waals surface area (Å²) in [5.74, 6) is -0.597. The first-order chi connectivity index (χ1) is 16.5. The molecule has 0 radical (unpaired) electrons. The van der Waals surface area contributed by atoms with Crippen molar-refractivity contribution in [3.05, 3.63) is 113 Å². The van der Waals surface area contributed by atoms with Crippen molar-refractivity contribution in [3.8, 4) is 0 Å². The van der Waals surface area contributed by atoms with Crippen LogP contribution >= 0.6 is 15.9 Å². The minimum Gasteiger partial charge on any atom is -0.312 e. The Morgan fingerprint density at radius 2 is 1.43 bits per heavy atom. The molecule has 3 aromatic carbocycles. The van der Waals surface area contributed by atoms with Gasteiger partial charge in [-0.25, -0.2) is 13.2 Å². The summed E-state index contributed by atoms with van der Waals surface area (Å²) in [6.45, 7) is 7.36. The van der Waals surface area contributed by atoms with Crippen LogP contribution in [0.2, 0.25) is 0 Å². The molecule has 0 bridgehead atoms. The van der Waals surface area contributed by atoms with Crippen molar-refractivity contribution >= 4 is 37.4 Å². The number of allylic oxidation sites excluding steroid dienone is 2. The van der Waals surface area contributed by atoms with Crippen LogP contribution in [0, 0.1) is 12.3 Å². The second-order valence-corrected chi connectivity index (χ2v) is 12.1. The molecule has 0 aromatic heterocycles. The van der Waals surface area contributed by atoms with Crippen molar-refractivity contribution in [2.24, 2.45) is 10.6 Å². The highest BCUT2D eigenvalue weighted by molar-refractivity contribution is 9.09. The van der Waals surface area contributed by atoms with Gasteiger partial charge in [0, 0.05) is 15.8 Å². The third-order valence-corrected chi connectivity index (χ3v) is 8.20. The number of oxime groups is 1. The van der Waals surface area contributed by atoms with Gasteiger partial charge in [0.15, 0.2) is 0 Å². The van der Waals surface area contributed by atoms with Crippen LogP contribution in [0.5, 0.6) is 0 Å². The van der Waals surface area contributed by atoms with Crippen molar-refractivity contribution in [2.45, 2.75) is 37.4 Å². The normalized spacial score (nSPS) is 13.9. The Morgan fingerprint density at radius 1 is 0.914 bits per heavy atom. The van der Waals surface area contributed by atoms with Crippen molar-refractivity contribution in [2.75, 3.05) is 0 Å². The Labute approximate surface area is 215 Å². The molecule has 1 unspecified atom stereocenters. The minimum absolute atomic E-state index is 0.198. The lowest BCUT2D eigenvalue weighted by Gasteiger charge is -2.25. The molecule has 35 heavy (non-hydrogen) atoms. The van der Waals surface area contributed by atoms with Gasteiger partial charge in [0.1, 0.15) is 0 Å². The second-order valence-electron chi connectivity index (χ2n) is 8.75. The fourth-order valence-electron chi connectivity index (χ4n) is 3.54. The van der Waals surface area contributed by atoms with Gasteiger partial charge in [-0.1, -0.05) is 107 Å². The molecular formula is C28H28BrNO4S. The summed E-state index contributed by atoms with van der Waals surface area (Å²) >= 11 is 3.47. The molecule has 7 heteroatoms. The van der Waals surface area contributed by atoms with E-state index in [0.717, 1.165) is 5.56 Å². The number of carbonyl (C=O) groups excluding carboxylic acids is 1. The van der Waals surface area contributed by atoms with Crippen LogP contribution in [0.3, 0.4) is 0 Å². The molecular weight excluding hydrogens is 526 g/mol. The van der Waals surface area contributed by atoms with Crippen LogP contribution < -0.4 is 0 Å². The Bertz CT molecular complexity index is 1330. The number of carbonyl (C=O) groups is 1. The first-order valence-electron chi connectivity index (χ1n) is 11.1. The number of aryl methyl sites for hydroxylation is 1. The molecule has 0 aliphatic carbocycles. The molecule has 0 amide bonds. The molecule has 0 saturated carbocycles. The van der Waals surface area contributed by atoms with Crippen LogP contribution in [-0.4, -0.2) is 24.9 Å². The van der Waals surface area contributed by atoms with Crippen molar-refractivity contribution in [1.82, 2.24) is 0 Å². The van der Waals surface area contributed by atoms with Crippen LogP contribution in [0.15, 0.2) is 106 Å². The fraction of sp³-hybridized carbons (Fsp3) is 0.214. The average Bonchev–Trinajstić information content (AvgIpc) is 2.83. The molecule has 182 valence electrons. The van der Waals surface area contributed by atoms with E-state index >= 15 is 0 Å². The predicted octanol–water partition coefficient (Wildman–Crippen LogP) is 6.72. The summed E-state index contributed by atoms with van der Waals surface area (Å²) in [5, 5.41) is 4.23. The number of rotatable bonds is 8. The second kappa shape index (κ2) is 11.1. The molecule has 3 rings (SSSR count). The van der Waals surface area contributed by atoms with Crippen LogP contribution in [0.4, 0.5) is 0 Å². The lowest BCUT2D eigenvalue weighted by atomic mass is 9.83. The van der Waals surface area contributed by atoms with Gasteiger partial charge in [-0.15, -0.1) is 0 Å². The van der Waals surface area contributed by atoms with E-state index in [1.165, 1.54) is 0 Å². The summed E-state index contributed by atoms with van der Waals surface area (Å²) in [4.78, 5) is 17.8. The van der Waals surface area contributed by atoms with Gasteiger partial charge in [-0.2, -0.15) is 0 Å². The Hall–Kier alpha value is -3.03. The van der Waals surface area contributed by atoms with Gasteiger partial charge in [0.05, 0.1) is 21.1 Å². The summed E-state index contributed by atoms with van der Waals surface area (Å²) in [7, 11) is -3.79. The SMILES string of the molecule is Cc1ccc(S(=O)(=O)/C(=C/C(C)(C)/C(=N/OC(=O)c2ccccc2)c2ccccc2)C(C)Br)cc1. The van der Waals surface area contributed by atoms with E-state index in [1.807, 2.05) is 51.1 Å². The van der Waals surface area contributed by atoms with Gasteiger partial charge in [-0.05, 0) is 38.1 Å². The number of nitrogens with zero attached hydrogens (tertiary/aromatic N) is 1. The molecule has 5 nitrogen and oxygen atoms in total. The fourth-order valence-corrected chi connectivity index (χ4v) is 6.05. The van der Waals surface area contributed by atoms with E-state index in [9.17, 15) is 13.2 Å². The first-order valence-corrected chi connectivity index (χ1v) is 13.5. The zero-order valence-electron chi connectivity index (χ0n) is 20.1. The van der Waals surface area contributed by atoms with Crippen molar-refractivity contribution < 1.29 is 18.0 Å². The van der Waals surface area contributed by atoms with E-state index in [4.69, 9.17) is 4.84 Å². The Morgan fingerprint density at radius 3 is 1.94 bits per heavy atom. The highest BCUT2D eigenvalue weighted by Crippen LogP contribution is 2.33. The maximum absolute atomic E-state index is 13.5. The summed E-state index contributed by atoms with van der Waals surface area (Å²) in [6.07, 6.45) is 1.67. The number of halogens is 1. The van der Waals surface area contributed by atoms with Gasteiger partial charge in [0.25, 0.3) is 0 Å². The predicted molar refractivity (Wildman–Crippen MR) is 143 cm³/mol. The molecule has 0 fully saturated rings. The van der Waals surface area contributed by atoms with Gasteiger partial charge in [0.2, 0.25) is 9.84 Å². The van der Waals surface area contributed by atoms with E-state index in [1.54, 1.807) is 67.6 Å². The van der Waals surface area contributed by atoms with E-state index in [2.05, 4.69) is 21.1 Å². The highest BCUT2D eigenvalue weighted by Gasteiger charge is 2.32. The van der Waals surface area contributed by atoms with Crippen LogP contribution in [0.25, 0.3) is 0 Å². The number of benzene rings is 3. The van der Waals surface area contributed by atoms with Gasteiger partial charge >= 0.3 is 5.97 Å². The lowest BCUT2D eigenvalue weighted by Crippen LogP contribution is -2.26. The zero-order chi connectivity index (χ0) is 25.6. The molecule has 0 saturated heterocycles. The maximum Gasteiger partial charge on any atom is 0.365 e. The van der Waals surface area contributed by atoms with E-state index in [-0.39, 0.29) is 9.80 Å². The monoisotopic (exact) mass is 553 g/mol. The summed E-state index contributed by atoms with van der Waals surface area (Å²) < 4.78 is 27.1. The average molecular weight is 555 g/mol. The molecule has 3 aromatic rings. The minimum atomic E-state index is -3.79. The standard InChI is InChI=1S/C28H28BrNO4S/c1-20-15-17-24(18-16-20)35(32,33)25(21(2)29)19-28(3,4)26(22-11-7-5-8-12-22)30-34-27(31)23-13-9-6-10-14-23/h5-19,21H,1-4H3/b25-19+,30-26+. The van der Waals surface area contributed by atoms with Crippen molar-refractivity contribution in [1.29, 1.82) is 0 Å². The Kier molecular flexibility index (Phi) is 8.46. The quantitative estimate of drug-likeness (QED) is 0.134. The topological polar surface area (TPSA) is 72.8 Å². The van der Waals surface area contributed by atoms with E-state index < -0.39 is 26.0 Å². The molecule has 0 heterocycles. The number of sulfone groups is 1. The summed E-state index contributed by atoms with van der Waals surface area (Å²) in [6, 6.07) is 24.6. The molecule has 1 atom stereocenters. The molecule has 0 aliphatic heterocycles. The molecule has 0 N–H and O–H groups in total. The number of alkyl halides is 1. The van der Waals surface area contributed by atoms with Gasteiger partial charge < -0.3 is 4.84 Å². The lowest BCUT2D eigenvalue weighted by molar-refractivity contribution is 0.0513. The molecule has 0 aliphatic rings. The largest absolute Gasteiger partial charge is 0.365 e. The zero-order valence-corrected chi connectivity index (χ0v) is 22.5. The highest BCUT2D eigenvalue weighted by atomic mass is 79.9. The molecule has 0 spiro atoms. The van der Waals surface area contributed by atoms with Gasteiger partial charge in [-0.3, -0.25) is 0 Å². The maximum atomic E-state index is 13.5. The third kappa shape index (κ3) is 6.55.